The monoisotopic (exact) mass is 434 g/mol. The Morgan fingerprint density at radius 3 is 2.50 bits per heavy atom. The fourth-order valence-electron chi connectivity index (χ4n) is 4.22. The Bertz CT molecular complexity index is 825. The van der Waals surface area contributed by atoms with E-state index in [2.05, 4.69) is 31.4 Å². The molecule has 2 atom stereocenters. The standard InChI is InChI=1S/C23H34N2O4S/c1-5-23(3,4)14-6-9-16-17(12-14)30-22(20(16)21(29)24-15-7-8-15)25-18(26)10-13(2)11-19(27)28/h13-15H,5-12H2,1-4H3,(H,24,29)(H,25,26)(H,27,28). The summed E-state index contributed by atoms with van der Waals surface area (Å²) in [7, 11) is 0. The quantitative estimate of drug-likeness (QED) is 0.528. The van der Waals surface area contributed by atoms with Gasteiger partial charge in [-0.3, -0.25) is 14.4 Å². The van der Waals surface area contributed by atoms with Crippen LogP contribution in [0, 0.1) is 17.3 Å². The smallest absolute Gasteiger partial charge is 0.303 e. The lowest BCUT2D eigenvalue weighted by Gasteiger charge is -2.36. The molecular weight excluding hydrogens is 400 g/mol. The molecule has 3 rings (SSSR count). The Kier molecular flexibility index (Phi) is 6.90. The van der Waals surface area contributed by atoms with E-state index in [9.17, 15) is 14.4 Å². The molecule has 1 heterocycles. The molecule has 1 aromatic rings. The van der Waals surface area contributed by atoms with Gasteiger partial charge in [-0.25, -0.2) is 0 Å². The largest absolute Gasteiger partial charge is 0.481 e. The van der Waals surface area contributed by atoms with Crippen molar-refractivity contribution in [1.82, 2.24) is 5.32 Å². The maximum Gasteiger partial charge on any atom is 0.303 e. The van der Waals surface area contributed by atoms with Gasteiger partial charge in [-0.05, 0) is 54.9 Å². The number of carbonyl (C=O) groups is 3. The molecule has 3 N–H and O–H groups in total. The van der Waals surface area contributed by atoms with E-state index < -0.39 is 5.97 Å². The number of thiophene rings is 1. The van der Waals surface area contributed by atoms with Crippen LogP contribution in [0.2, 0.25) is 0 Å². The summed E-state index contributed by atoms with van der Waals surface area (Å²) in [6.45, 7) is 8.60. The Morgan fingerprint density at radius 2 is 1.90 bits per heavy atom. The Hall–Kier alpha value is -1.89. The van der Waals surface area contributed by atoms with Crippen molar-refractivity contribution in [3.05, 3.63) is 16.0 Å². The highest BCUT2D eigenvalue weighted by Gasteiger charge is 2.36. The molecule has 0 radical (unpaired) electrons. The highest BCUT2D eigenvalue weighted by atomic mass is 32.1. The summed E-state index contributed by atoms with van der Waals surface area (Å²) in [5, 5.41) is 15.6. The van der Waals surface area contributed by atoms with Crippen molar-refractivity contribution in [2.75, 3.05) is 5.32 Å². The van der Waals surface area contributed by atoms with Crippen LogP contribution in [-0.2, 0) is 22.4 Å². The van der Waals surface area contributed by atoms with Gasteiger partial charge in [-0.1, -0.05) is 34.1 Å². The Labute approximate surface area is 182 Å². The van der Waals surface area contributed by atoms with Gasteiger partial charge in [0.25, 0.3) is 5.91 Å². The number of aliphatic carboxylic acids is 1. The molecule has 1 fully saturated rings. The van der Waals surface area contributed by atoms with Crippen LogP contribution in [0.3, 0.4) is 0 Å². The Morgan fingerprint density at radius 1 is 1.20 bits per heavy atom. The van der Waals surface area contributed by atoms with Crippen LogP contribution in [0.5, 0.6) is 0 Å². The molecule has 2 aliphatic carbocycles. The Balaban J connectivity index is 1.82. The van der Waals surface area contributed by atoms with Crippen LogP contribution >= 0.6 is 11.3 Å². The minimum absolute atomic E-state index is 0.0445. The zero-order valence-electron chi connectivity index (χ0n) is 18.5. The molecule has 30 heavy (non-hydrogen) atoms. The number of hydrogen-bond donors (Lipinski definition) is 3. The predicted molar refractivity (Wildman–Crippen MR) is 119 cm³/mol. The average Bonchev–Trinajstić information content (AvgIpc) is 3.38. The van der Waals surface area contributed by atoms with E-state index in [1.54, 1.807) is 6.92 Å². The van der Waals surface area contributed by atoms with Crippen molar-refractivity contribution in [2.45, 2.75) is 85.1 Å². The molecule has 7 heteroatoms. The van der Waals surface area contributed by atoms with Gasteiger partial charge in [0, 0.05) is 23.8 Å². The first-order valence-electron chi connectivity index (χ1n) is 11.1. The molecule has 2 aliphatic rings. The van der Waals surface area contributed by atoms with Crippen LogP contribution < -0.4 is 10.6 Å². The first kappa shape index (κ1) is 22.8. The number of carboxylic acid groups (broad SMARTS) is 1. The predicted octanol–water partition coefficient (Wildman–Crippen LogP) is 4.62. The summed E-state index contributed by atoms with van der Waals surface area (Å²) < 4.78 is 0. The number of amides is 2. The van der Waals surface area contributed by atoms with E-state index in [-0.39, 0.29) is 42.0 Å². The lowest BCUT2D eigenvalue weighted by atomic mass is 9.69. The first-order valence-corrected chi connectivity index (χ1v) is 11.9. The highest BCUT2D eigenvalue weighted by Crippen LogP contribution is 2.45. The van der Waals surface area contributed by atoms with E-state index in [1.165, 1.54) is 16.2 Å². The minimum atomic E-state index is -0.907. The summed E-state index contributed by atoms with van der Waals surface area (Å²) in [6, 6.07) is 0.252. The second kappa shape index (κ2) is 9.08. The molecular formula is C23H34N2O4S. The summed E-state index contributed by atoms with van der Waals surface area (Å²) in [6.07, 6.45) is 6.07. The summed E-state index contributed by atoms with van der Waals surface area (Å²) >= 11 is 1.53. The van der Waals surface area contributed by atoms with Gasteiger partial charge >= 0.3 is 5.97 Å². The van der Waals surface area contributed by atoms with Crippen LogP contribution in [0.4, 0.5) is 5.00 Å². The third-order valence-corrected chi connectivity index (χ3v) is 7.90. The van der Waals surface area contributed by atoms with Gasteiger partial charge in [0.2, 0.25) is 5.91 Å². The molecule has 6 nitrogen and oxygen atoms in total. The summed E-state index contributed by atoms with van der Waals surface area (Å²) in [5.41, 5.74) is 1.97. The average molecular weight is 435 g/mol. The van der Waals surface area contributed by atoms with E-state index >= 15 is 0 Å². The third-order valence-electron chi connectivity index (χ3n) is 6.73. The number of fused-ring (bicyclic) bond motifs is 1. The van der Waals surface area contributed by atoms with E-state index in [0.717, 1.165) is 44.1 Å². The van der Waals surface area contributed by atoms with Gasteiger partial charge in [-0.2, -0.15) is 0 Å². The number of nitrogens with one attached hydrogen (secondary N) is 2. The second-order valence-corrected chi connectivity index (χ2v) is 10.8. The number of hydrogen-bond acceptors (Lipinski definition) is 4. The molecule has 0 aliphatic heterocycles. The van der Waals surface area contributed by atoms with Crippen LogP contribution in [0.15, 0.2) is 0 Å². The maximum atomic E-state index is 13.0. The zero-order chi connectivity index (χ0) is 22.1. The maximum absolute atomic E-state index is 13.0. The molecule has 2 unspecified atom stereocenters. The van der Waals surface area contributed by atoms with Gasteiger partial charge < -0.3 is 15.7 Å². The van der Waals surface area contributed by atoms with Crippen molar-refractivity contribution >= 4 is 34.1 Å². The summed E-state index contributed by atoms with van der Waals surface area (Å²) in [4.78, 5) is 37.7. The molecule has 0 bridgehead atoms. The SMILES string of the molecule is CCC(C)(C)C1CCc2c(sc(NC(=O)CC(C)CC(=O)O)c2C(=O)NC2CC2)C1. The van der Waals surface area contributed by atoms with Crippen molar-refractivity contribution in [2.24, 2.45) is 17.3 Å². The molecule has 1 saturated carbocycles. The van der Waals surface area contributed by atoms with Gasteiger partial charge in [0.15, 0.2) is 0 Å². The molecule has 0 spiro atoms. The normalized spacial score (nSPS) is 19.7. The third kappa shape index (κ3) is 5.42. The molecule has 0 aromatic carbocycles. The van der Waals surface area contributed by atoms with E-state index in [4.69, 9.17) is 5.11 Å². The van der Waals surface area contributed by atoms with Crippen LogP contribution in [0.1, 0.15) is 87.0 Å². The number of carbonyl (C=O) groups excluding carboxylic acids is 2. The van der Waals surface area contributed by atoms with Gasteiger partial charge in [-0.15, -0.1) is 11.3 Å². The van der Waals surface area contributed by atoms with E-state index in [1.807, 2.05) is 0 Å². The molecule has 0 saturated heterocycles. The number of rotatable bonds is 9. The van der Waals surface area contributed by atoms with Crippen molar-refractivity contribution < 1.29 is 19.5 Å². The van der Waals surface area contributed by atoms with E-state index in [0.29, 0.717) is 16.5 Å². The highest BCUT2D eigenvalue weighted by molar-refractivity contribution is 7.17. The topological polar surface area (TPSA) is 95.5 Å². The molecule has 1 aromatic heterocycles. The van der Waals surface area contributed by atoms with Crippen molar-refractivity contribution in [3.63, 3.8) is 0 Å². The minimum Gasteiger partial charge on any atom is -0.481 e. The lowest BCUT2D eigenvalue weighted by molar-refractivity contribution is -0.138. The number of carboxylic acids is 1. The fourth-order valence-corrected chi connectivity index (χ4v) is 5.56. The second-order valence-electron chi connectivity index (χ2n) is 9.69. The van der Waals surface area contributed by atoms with Crippen molar-refractivity contribution in [1.29, 1.82) is 0 Å². The zero-order valence-corrected chi connectivity index (χ0v) is 19.3. The van der Waals surface area contributed by atoms with Crippen LogP contribution in [-0.4, -0.2) is 28.9 Å². The number of anilines is 1. The van der Waals surface area contributed by atoms with Gasteiger partial charge in [0.05, 0.1) is 5.56 Å². The lowest BCUT2D eigenvalue weighted by Crippen LogP contribution is -2.30. The fraction of sp³-hybridized carbons (Fsp3) is 0.696. The molecule has 2 amide bonds. The van der Waals surface area contributed by atoms with Crippen molar-refractivity contribution in [3.8, 4) is 0 Å². The van der Waals surface area contributed by atoms with Gasteiger partial charge in [0.1, 0.15) is 5.00 Å². The molecule has 166 valence electrons. The van der Waals surface area contributed by atoms with Crippen LogP contribution in [0.25, 0.3) is 0 Å². The first-order chi connectivity index (χ1) is 14.1. The summed E-state index contributed by atoms with van der Waals surface area (Å²) in [5.74, 6) is -0.913.